The van der Waals surface area contributed by atoms with Gasteiger partial charge in [0, 0.05) is 34.2 Å². The van der Waals surface area contributed by atoms with E-state index in [1.165, 1.54) is 28.3 Å². The average Bonchev–Trinajstić information content (AvgIpc) is 3.24. The lowest BCUT2D eigenvalue weighted by molar-refractivity contribution is -0.132. The fourth-order valence-electron chi connectivity index (χ4n) is 3.74. The van der Waals surface area contributed by atoms with E-state index in [1.54, 1.807) is 11.8 Å². The van der Waals surface area contributed by atoms with Crippen LogP contribution in [0.4, 0.5) is 0 Å². The third-order valence-electron chi connectivity index (χ3n) is 5.52. The van der Waals surface area contributed by atoms with E-state index in [0.29, 0.717) is 18.1 Å². The van der Waals surface area contributed by atoms with Crippen LogP contribution in [0, 0.1) is 0 Å². The van der Waals surface area contributed by atoms with Crippen molar-refractivity contribution >= 4 is 47.0 Å². The fourth-order valence-corrected chi connectivity index (χ4v) is 5.60. The van der Waals surface area contributed by atoms with Crippen molar-refractivity contribution in [1.29, 1.82) is 0 Å². The van der Waals surface area contributed by atoms with Crippen LogP contribution in [0.25, 0.3) is 11.1 Å². The molecule has 3 N–H and O–H groups in total. The van der Waals surface area contributed by atoms with Gasteiger partial charge < -0.3 is 15.7 Å². The second-order valence-corrected chi connectivity index (χ2v) is 10.7. The first-order valence-electron chi connectivity index (χ1n) is 12.1. The Morgan fingerprint density at radius 3 is 2.67 bits per heavy atom. The summed E-state index contributed by atoms with van der Waals surface area (Å²) in [6, 6.07) is 16.6. The number of amides is 1. The van der Waals surface area contributed by atoms with Crippen LogP contribution in [0.15, 0.2) is 71.8 Å². The Hall–Kier alpha value is -2.35. The van der Waals surface area contributed by atoms with Crippen LogP contribution in [-0.2, 0) is 16.0 Å². The summed E-state index contributed by atoms with van der Waals surface area (Å²) >= 11 is 9.03. The summed E-state index contributed by atoms with van der Waals surface area (Å²) in [5, 5.41) is 11.6. The second-order valence-electron chi connectivity index (χ2n) is 7.94. The molecule has 5 nitrogen and oxygen atoms in total. The normalized spacial score (nSPS) is 15.8. The van der Waals surface area contributed by atoms with Gasteiger partial charge in [-0.3, -0.25) is 4.79 Å². The summed E-state index contributed by atoms with van der Waals surface area (Å²) in [7, 11) is 0. The number of aryl methyl sites for hydroxylation is 1. The first-order chi connectivity index (χ1) is 17.4. The molecule has 1 atom stereocenters. The second kappa shape index (κ2) is 16.4. The maximum absolute atomic E-state index is 12.3. The molecule has 1 aliphatic rings. The SMILES string of the molecule is CC.N/C(=C\SCSCCN1C(=O)CCC1/C=C/CCc1cccc(-c2ccc(Cl)cc2)c1)C(=O)O. The van der Waals surface area contributed by atoms with Crippen LogP contribution in [0.3, 0.4) is 0 Å². The first-order valence-corrected chi connectivity index (χ1v) is 14.7. The van der Waals surface area contributed by atoms with Gasteiger partial charge in [-0.15, -0.1) is 23.5 Å². The van der Waals surface area contributed by atoms with E-state index in [-0.39, 0.29) is 17.6 Å². The summed E-state index contributed by atoms with van der Waals surface area (Å²) in [6.07, 6.45) is 7.68. The number of halogens is 1. The quantitative estimate of drug-likeness (QED) is 0.131. The smallest absolute Gasteiger partial charge is 0.352 e. The lowest BCUT2D eigenvalue weighted by Crippen LogP contribution is -2.33. The number of carbonyl (C=O) groups is 2. The molecule has 36 heavy (non-hydrogen) atoms. The molecule has 2 aromatic carbocycles. The van der Waals surface area contributed by atoms with Crippen molar-refractivity contribution in [3.63, 3.8) is 0 Å². The molecule has 0 saturated carbocycles. The standard InChI is InChI=1S/C26H29ClN2O3S2.C2H6/c27-22-10-8-20(9-11-22)21-6-3-5-19(16-21)4-1-2-7-23-12-13-25(30)29(23)14-15-33-18-34-17-24(28)26(31)32;1-2/h2-3,5-11,16-17,23H,1,4,12-15,18,28H2,(H,31,32);1-2H3/b7-2+,24-17-;. The van der Waals surface area contributed by atoms with Gasteiger partial charge in [-0.25, -0.2) is 4.79 Å². The average molecular weight is 547 g/mol. The van der Waals surface area contributed by atoms with Crippen molar-refractivity contribution in [3.05, 3.63) is 82.4 Å². The number of nitrogens with two attached hydrogens (primary N) is 1. The Balaban J connectivity index is 0.00000222. The monoisotopic (exact) mass is 546 g/mol. The van der Waals surface area contributed by atoms with Crippen molar-refractivity contribution in [2.75, 3.05) is 17.4 Å². The Labute approximate surface area is 228 Å². The van der Waals surface area contributed by atoms with Gasteiger partial charge >= 0.3 is 5.97 Å². The third-order valence-corrected chi connectivity index (χ3v) is 7.88. The fraction of sp³-hybridized carbons (Fsp3) is 0.357. The van der Waals surface area contributed by atoms with Crippen molar-refractivity contribution in [2.24, 2.45) is 5.73 Å². The molecule has 1 fully saturated rings. The first kappa shape index (κ1) is 29.9. The molecule has 0 aromatic heterocycles. The van der Waals surface area contributed by atoms with Crippen molar-refractivity contribution in [2.45, 2.75) is 45.6 Å². The minimum atomic E-state index is -1.11. The molecule has 0 radical (unpaired) electrons. The lowest BCUT2D eigenvalue weighted by atomic mass is 10.0. The van der Waals surface area contributed by atoms with E-state index in [4.69, 9.17) is 22.4 Å². The number of rotatable bonds is 12. The van der Waals surface area contributed by atoms with Gasteiger partial charge in [0.25, 0.3) is 0 Å². The molecule has 0 aliphatic carbocycles. The topological polar surface area (TPSA) is 83.6 Å². The zero-order valence-corrected chi connectivity index (χ0v) is 23.2. The highest BCUT2D eigenvalue weighted by Crippen LogP contribution is 2.24. The summed E-state index contributed by atoms with van der Waals surface area (Å²) in [6.45, 7) is 4.69. The Morgan fingerprint density at radius 1 is 1.19 bits per heavy atom. The van der Waals surface area contributed by atoms with E-state index in [9.17, 15) is 9.59 Å². The molecule has 2 aromatic rings. The minimum absolute atomic E-state index is 0.151. The van der Waals surface area contributed by atoms with E-state index in [2.05, 4.69) is 36.4 Å². The zero-order valence-electron chi connectivity index (χ0n) is 20.9. The number of hydrogen-bond acceptors (Lipinski definition) is 5. The molecule has 1 amide bonds. The Morgan fingerprint density at radius 2 is 1.94 bits per heavy atom. The van der Waals surface area contributed by atoms with Gasteiger partial charge in [0.15, 0.2) is 0 Å². The van der Waals surface area contributed by atoms with Gasteiger partial charge in [0.1, 0.15) is 5.70 Å². The van der Waals surface area contributed by atoms with E-state index >= 15 is 0 Å². The summed E-state index contributed by atoms with van der Waals surface area (Å²) in [5.74, 6) is -0.0980. The van der Waals surface area contributed by atoms with Gasteiger partial charge in [0.2, 0.25) is 5.91 Å². The third kappa shape index (κ3) is 9.96. The van der Waals surface area contributed by atoms with Gasteiger partial charge in [-0.05, 0) is 48.1 Å². The highest BCUT2D eigenvalue weighted by molar-refractivity contribution is 8.17. The van der Waals surface area contributed by atoms with E-state index in [1.807, 2.05) is 43.0 Å². The molecule has 0 bridgehead atoms. The van der Waals surface area contributed by atoms with E-state index < -0.39 is 5.97 Å². The van der Waals surface area contributed by atoms with Crippen LogP contribution >= 0.6 is 35.1 Å². The summed E-state index contributed by atoms with van der Waals surface area (Å²) in [4.78, 5) is 24.9. The molecule has 1 heterocycles. The summed E-state index contributed by atoms with van der Waals surface area (Å²) in [5.41, 5.74) is 8.83. The number of aliphatic carboxylic acids is 1. The van der Waals surface area contributed by atoms with Crippen molar-refractivity contribution < 1.29 is 14.7 Å². The number of benzene rings is 2. The zero-order chi connectivity index (χ0) is 26.3. The number of carboxylic acids is 1. The predicted molar refractivity (Wildman–Crippen MR) is 155 cm³/mol. The highest BCUT2D eigenvalue weighted by Gasteiger charge is 2.28. The predicted octanol–water partition coefficient (Wildman–Crippen LogP) is 6.82. The maximum Gasteiger partial charge on any atom is 0.352 e. The van der Waals surface area contributed by atoms with Crippen LogP contribution < -0.4 is 5.73 Å². The number of likely N-dealkylation sites (tertiary alicyclic amines) is 1. The van der Waals surface area contributed by atoms with Crippen molar-refractivity contribution in [3.8, 4) is 11.1 Å². The molecular weight excluding hydrogens is 512 g/mol. The van der Waals surface area contributed by atoms with Crippen LogP contribution in [0.5, 0.6) is 0 Å². The van der Waals surface area contributed by atoms with Crippen molar-refractivity contribution in [1.82, 2.24) is 4.90 Å². The Kier molecular flexibility index (Phi) is 13.6. The number of nitrogens with zero attached hydrogens (tertiary/aromatic N) is 1. The molecule has 8 heteroatoms. The van der Waals surface area contributed by atoms with Crippen LogP contribution in [0.2, 0.25) is 5.02 Å². The van der Waals surface area contributed by atoms with Gasteiger partial charge in [0.05, 0.1) is 6.04 Å². The summed E-state index contributed by atoms with van der Waals surface area (Å²) < 4.78 is 0. The van der Waals surface area contributed by atoms with Crippen LogP contribution in [0.1, 0.15) is 38.7 Å². The van der Waals surface area contributed by atoms with E-state index in [0.717, 1.165) is 35.6 Å². The molecule has 1 unspecified atom stereocenters. The molecule has 0 spiro atoms. The van der Waals surface area contributed by atoms with Gasteiger partial charge in [-0.2, -0.15) is 0 Å². The minimum Gasteiger partial charge on any atom is -0.477 e. The molecule has 1 aliphatic heterocycles. The lowest BCUT2D eigenvalue weighted by Gasteiger charge is -2.22. The Bertz CT molecular complexity index is 1040. The number of carbonyl (C=O) groups excluding carboxylic acids is 1. The molecule has 194 valence electrons. The number of thioether (sulfide) groups is 2. The molecule has 3 rings (SSSR count). The largest absolute Gasteiger partial charge is 0.477 e. The molecule has 1 saturated heterocycles. The maximum atomic E-state index is 12.3. The highest BCUT2D eigenvalue weighted by atomic mass is 35.5. The number of hydrogen-bond donors (Lipinski definition) is 2. The molecular formula is C28H35ClN2O3S2. The van der Waals surface area contributed by atoms with Gasteiger partial charge in [-0.1, -0.05) is 74.0 Å². The number of allylic oxidation sites excluding steroid dienone is 1. The van der Waals surface area contributed by atoms with Crippen LogP contribution in [-0.4, -0.2) is 45.3 Å². The number of carboxylic acid groups (broad SMARTS) is 1.